The summed E-state index contributed by atoms with van der Waals surface area (Å²) in [5.74, 6) is 1.53. The minimum Gasteiger partial charge on any atom is -0.496 e. The molecule has 9 heteroatoms. The zero-order valence-corrected chi connectivity index (χ0v) is 23.2. The molecule has 2 aliphatic heterocycles. The number of Topliss-reactive ketones (excluding diaryl/α,β-unsaturated/α-hetero) is 1. The van der Waals surface area contributed by atoms with Crippen molar-refractivity contribution in [2.75, 3.05) is 33.8 Å². The largest absolute Gasteiger partial charge is 0.496 e. The van der Waals surface area contributed by atoms with Gasteiger partial charge in [-0.2, -0.15) is 16.4 Å². The van der Waals surface area contributed by atoms with Crippen molar-refractivity contribution >= 4 is 29.1 Å². The molecule has 0 saturated carbocycles. The molecule has 1 aromatic carbocycles. The van der Waals surface area contributed by atoms with E-state index in [1.807, 2.05) is 46.3 Å². The number of nitrogens with zero attached hydrogens (tertiary/aromatic N) is 3. The van der Waals surface area contributed by atoms with Gasteiger partial charge in [0.05, 0.1) is 25.0 Å². The number of ketones is 1. The van der Waals surface area contributed by atoms with E-state index in [1.165, 1.54) is 0 Å². The number of carbonyl (C=O) groups is 2. The molecule has 1 amide bonds. The van der Waals surface area contributed by atoms with Gasteiger partial charge >= 0.3 is 0 Å². The average Bonchev–Trinajstić information content (AvgIpc) is 3.49. The third-order valence-electron chi connectivity index (χ3n) is 7.16. The summed E-state index contributed by atoms with van der Waals surface area (Å²) in [5.41, 5.74) is 5.95. The van der Waals surface area contributed by atoms with Crippen LogP contribution in [0.1, 0.15) is 54.7 Å². The molecule has 4 heterocycles. The van der Waals surface area contributed by atoms with Gasteiger partial charge in [-0.3, -0.25) is 9.59 Å². The Hall–Kier alpha value is -3.43. The number of hydrogen-bond acceptors (Lipinski definition) is 7. The van der Waals surface area contributed by atoms with E-state index in [1.54, 1.807) is 25.5 Å². The smallest absolute Gasteiger partial charge is 0.274 e. The van der Waals surface area contributed by atoms with Crippen molar-refractivity contribution in [1.82, 2.24) is 20.0 Å². The molecule has 5 rings (SSSR count). The summed E-state index contributed by atoms with van der Waals surface area (Å²) in [6.45, 7) is 5.86. The van der Waals surface area contributed by atoms with E-state index in [0.29, 0.717) is 37.5 Å². The van der Waals surface area contributed by atoms with Crippen LogP contribution in [0.5, 0.6) is 11.5 Å². The maximum atomic E-state index is 13.9. The lowest BCUT2D eigenvalue weighted by molar-refractivity contribution is -0.122. The molecular formula is C29H34N4O4S. The number of aromatic nitrogens is 2. The first-order valence-corrected chi connectivity index (χ1v) is 14.0. The average molecular weight is 535 g/mol. The Morgan fingerprint density at radius 2 is 2.11 bits per heavy atom. The first-order valence-electron chi connectivity index (χ1n) is 13.0. The number of methoxy groups -OCH3 is 1. The highest BCUT2D eigenvalue weighted by Crippen LogP contribution is 2.44. The monoisotopic (exact) mass is 534 g/mol. The summed E-state index contributed by atoms with van der Waals surface area (Å²) in [7, 11) is 3.44. The first kappa shape index (κ1) is 26.2. The maximum Gasteiger partial charge on any atom is 0.274 e. The zero-order chi connectivity index (χ0) is 26.8. The van der Waals surface area contributed by atoms with Gasteiger partial charge in [-0.1, -0.05) is 11.6 Å². The van der Waals surface area contributed by atoms with Crippen molar-refractivity contribution in [2.24, 2.45) is 5.92 Å². The lowest BCUT2D eigenvalue weighted by atomic mass is 9.96. The molecule has 1 saturated heterocycles. The number of ether oxygens (including phenoxy) is 2. The van der Waals surface area contributed by atoms with Crippen LogP contribution in [0.15, 0.2) is 34.5 Å². The van der Waals surface area contributed by atoms with Crippen LogP contribution in [-0.2, 0) is 11.4 Å². The number of nitrogens with one attached hydrogen (secondary N) is 1. The number of likely N-dealkylation sites (tertiary alicyclic amines) is 1. The number of likely N-dealkylation sites (N-methyl/N-ethyl adjacent to an activating group) is 1. The quantitative estimate of drug-likeness (QED) is 0.461. The predicted octanol–water partition coefficient (Wildman–Crippen LogP) is 4.96. The van der Waals surface area contributed by atoms with E-state index < -0.39 is 0 Å². The fourth-order valence-electron chi connectivity index (χ4n) is 5.32. The fraction of sp³-hybridized carbons (Fsp3) is 0.414. The van der Waals surface area contributed by atoms with Crippen LogP contribution in [0.2, 0.25) is 0 Å². The van der Waals surface area contributed by atoms with Gasteiger partial charge in [0.1, 0.15) is 23.9 Å². The van der Waals surface area contributed by atoms with Crippen LogP contribution >= 0.6 is 11.3 Å². The molecule has 2 aromatic heterocycles. The molecule has 0 bridgehead atoms. The van der Waals surface area contributed by atoms with E-state index in [4.69, 9.17) is 14.6 Å². The Balaban J connectivity index is 1.56. The molecule has 8 nitrogen and oxygen atoms in total. The molecule has 0 aliphatic carbocycles. The summed E-state index contributed by atoms with van der Waals surface area (Å²) < 4.78 is 13.7. The topological polar surface area (TPSA) is 85.7 Å². The lowest BCUT2D eigenvalue weighted by Gasteiger charge is -2.23. The number of thiophene rings is 1. The molecule has 1 fully saturated rings. The summed E-state index contributed by atoms with van der Waals surface area (Å²) in [6.07, 6.45) is 4.35. The SMILES string of the molecule is CNCC(=O)C1CCCN(C(=O)c2nn(-c3ccsc3)c3c2COc2cc(OC)c(C=C(C)C)cc2-3)CC1. The van der Waals surface area contributed by atoms with E-state index in [-0.39, 0.29) is 24.2 Å². The normalized spacial score (nSPS) is 16.6. The van der Waals surface area contributed by atoms with E-state index in [0.717, 1.165) is 52.2 Å². The Kier molecular flexibility index (Phi) is 7.67. The minimum absolute atomic E-state index is 0.0174. The minimum atomic E-state index is -0.109. The lowest BCUT2D eigenvalue weighted by Crippen LogP contribution is -2.34. The molecule has 200 valence electrons. The standard InChI is InChI=1S/C29H34N4O4S/c1-18(2)12-20-13-22-26(14-25(20)36-4)37-16-23-27(31-33(28(22)23)21-8-11-38-17-21)29(35)32-9-5-6-19(7-10-32)24(34)15-30-3/h8,11-14,17,19,30H,5-7,9-10,15-16H2,1-4H3. The van der Waals surface area contributed by atoms with Gasteiger partial charge < -0.3 is 19.7 Å². The predicted molar refractivity (Wildman–Crippen MR) is 149 cm³/mol. The van der Waals surface area contributed by atoms with Crippen LogP contribution in [0, 0.1) is 5.92 Å². The Morgan fingerprint density at radius 3 is 2.82 bits per heavy atom. The molecular weight excluding hydrogens is 500 g/mol. The number of hydrogen-bond donors (Lipinski definition) is 1. The Labute approximate surface area is 227 Å². The maximum absolute atomic E-state index is 13.9. The second-order valence-electron chi connectivity index (χ2n) is 10.1. The van der Waals surface area contributed by atoms with Gasteiger partial charge in [0.25, 0.3) is 5.91 Å². The van der Waals surface area contributed by atoms with Gasteiger partial charge in [0.2, 0.25) is 0 Å². The summed E-state index contributed by atoms with van der Waals surface area (Å²) in [4.78, 5) is 28.2. The number of allylic oxidation sites excluding steroid dienone is 1. The molecule has 3 aromatic rings. The highest BCUT2D eigenvalue weighted by atomic mass is 32.1. The van der Waals surface area contributed by atoms with Crippen molar-refractivity contribution in [3.8, 4) is 28.4 Å². The van der Waals surface area contributed by atoms with E-state index >= 15 is 0 Å². The van der Waals surface area contributed by atoms with Crippen molar-refractivity contribution in [2.45, 2.75) is 39.7 Å². The molecule has 0 spiro atoms. The molecule has 2 aliphatic rings. The summed E-state index contributed by atoms with van der Waals surface area (Å²) in [6, 6.07) is 5.98. The first-order chi connectivity index (χ1) is 18.4. The van der Waals surface area contributed by atoms with Gasteiger partial charge in [-0.15, -0.1) is 0 Å². The van der Waals surface area contributed by atoms with Crippen LogP contribution in [-0.4, -0.2) is 60.2 Å². The Bertz CT molecular complexity index is 1370. The summed E-state index contributed by atoms with van der Waals surface area (Å²) >= 11 is 1.59. The van der Waals surface area contributed by atoms with Gasteiger partial charge in [0, 0.05) is 47.1 Å². The van der Waals surface area contributed by atoms with Gasteiger partial charge in [0.15, 0.2) is 5.69 Å². The highest BCUT2D eigenvalue weighted by Gasteiger charge is 2.34. The van der Waals surface area contributed by atoms with Crippen LogP contribution < -0.4 is 14.8 Å². The number of benzene rings is 1. The third kappa shape index (κ3) is 5.00. The zero-order valence-electron chi connectivity index (χ0n) is 22.4. The second kappa shape index (κ2) is 11.1. The van der Waals surface area contributed by atoms with Gasteiger partial charge in [-0.25, -0.2) is 4.68 Å². The third-order valence-corrected chi connectivity index (χ3v) is 7.83. The van der Waals surface area contributed by atoms with E-state index in [9.17, 15) is 9.59 Å². The van der Waals surface area contributed by atoms with E-state index in [2.05, 4.69) is 17.5 Å². The van der Waals surface area contributed by atoms with Crippen LogP contribution in [0.4, 0.5) is 0 Å². The number of amides is 1. The van der Waals surface area contributed by atoms with Crippen LogP contribution in [0.3, 0.4) is 0 Å². The number of rotatable bonds is 7. The van der Waals surface area contributed by atoms with Crippen molar-refractivity contribution in [1.29, 1.82) is 0 Å². The number of fused-ring (bicyclic) bond motifs is 3. The number of carbonyl (C=O) groups excluding carboxylic acids is 2. The van der Waals surface area contributed by atoms with Crippen LogP contribution in [0.25, 0.3) is 23.0 Å². The highest BCUT2D eigenvalue weighted by molar-refractivity contribution is 7.08. The molecule has 0 radical (unpaired) electrons. The van der Waals surface area contributed by atoms with Crippen molar-refractivity contribution in [3.05, 3.63) is 51.4 Å². The fourth-order valence-corrected chi connectivity index (χ4v) is 5.94. The molecule has 1 atom stereocenters. The molecule has 38 heavy (non-hydrogen) atoms. The van der Waals surface area contributed by atoms with Gasteiger partial charge in [-0.05, 0) is 57.7 Å². The second-order valence-corrected chi connectivity index (χ2v) is 10.9. The molecule has 1 unspecified atom stereocenters. The Morgan fingerprint density at radius 1 is 1.26 bits per heavy atom. The van der Waals surface area contributed by atoms with Crippen molar-refractivity contribution < 1.29 is 19.1 Å². The molecule has 1 N–H and O–H groups in total. The van der Waals surface area contributed by atoms with Crippen molar-refractivity contribution in [3.63, 3.8) is 0 Å². The summed E-state index contributed by atoms with van der Waals surface area (Å²) in [5, 5.41) is 11.9.